The molecule has 0 unspecified atom stereocenters. The number of hydrogen-bond donors (Lipinski definition) is 2. The van der Waals surface area contributed by atoms with Crippen molar-refractivity contribution in [2.24, 2.45) is 0 Å². The van der Waals surface area contributed by atoms with Gasteiger partial charge in [-0.1, -0.05) is 42.1 Å². The van der Waals surface area contributed by atoms with Crippen molar-refractivity contribution in [1.29, 1.82) is 5.41 Å². The number of carbonyl (C=O) groups is 1. The van der Waals surface area contributed by atoms with Crippen molar-refractivity contribution in [1.82, 2.24) is 4.57 Å². The molecule has 4 aromatic rings. The number of benzene rings is 3. The van der Waals surface area contributed by atoms with Crippen LogP contribution in [-0.2, 0) is 11.3 Å². The highest BCUT2D eigenvalue weighted by molar-refractivity contribution is 8.03. The number of anilines is 2. The maximum Gasteiger partial charge on any atom is 0.237 e. The minimum atomic E-state index is -0.0653. The Hall–Kier alpha value is -3.51. The summed E-state index contributed by atoms with van der Waals surface area (Å²) >= 11 is 1.59. The maximum absolute atomic E-state index is 13.0. The summed E-state index contributed by atoms with van der Waals surface area (Å²) < 4.78 is 2.29. The van der Waals surface area contributed by atoms with Crippen molar-refractivity contribution in [3.63, 3.8) is 0 Å². The number of amidine groups is 1. The molecule has 152 valence electrons. The monoisotopic (exact) mass is 424 g/mol. The number of para-hydroxylation sites is 2. The second-order valence-corrected chi connectivity index (χ2v) is 8.80. The molecule has 0 bridgehead atoms. The number of rotatable bonds is 2. The largest absolute Gasteiger partial charge is 0.349 e. The minimum absolute atomic E-state index is 0.0653. The van der Waals surface area contributed by atoms with E-state index < -0.39 is 0 Å². The summed E-state index contributed by atoms with van der Waals surface area (Å²) in [5, 5.41) is 15.3. The smallest absolute Gasteiger partial charge is 0.237 e. The van der Waals surface area contributed by atoms with Crippen LogP contribution in [0.4, 0.5) is 11.4 Å². The van der Waals surface area contributed by atoms with Crippen molar-refractivity contribution in [2.45, 2.75) is 24.8 Å². The van der Waals surface area contributed by atoms with E-state index in [1.54, 1.807) is 16.7 Å². The fraction of sp³-hybridized carbons (Fsp3) is 0.120. The second-order valence-electron chi connectivity index (χ2n) is 7.75. The summed E-state index contributed by atoms with van der Waals surface area (Å²) in [7, 11) is 0. The van der Waals surface area contributed by atoms with Gasteiger partial charge in [0.1, 0.15) is 5.84 Å². The van der Waals surface area contributed by atoms with Gasteiger partial charge in [-0.3, -0.25) is 15.1 Å². The van der Waals surface area contributed by atoms with Crippen LogP contribution in [0.5, 0.6) is 0 Å². The Morgan fingerprint density at radius 1 is 1.00 bits per heavy atom. The number of hydrogen-bond acceptors (Lipinski definition) is 4. The summed E-state index contributed by atoms with van der Waals surface area (Å²) in [6.07, 6.45) is 0.233. The summed E-state index contributed by atoms with van der Waals surface area (Å²) in [5.41, 5.74) is 4.86. The van der Waals surface area contributed by atoms with Crippen LogP contribution in [0.15, 0.2) is 82.2 Å². The number of nitrogens with zero attached hydrogens (tertiary/aromatic N) is 2. The van der Waals surface area contributed by atoms with Gasteiger partial charge in [0.05, 0.1) is 22.8 Å². The zero-order valence-electron chi connectivity index (χ0n) is 17.0. The molecule has 0 spiro atoms. The first-order valence-corrected chi connectivity index (χ1v) is 11.2. The molecule has 1 fully saturated rings. The number of thioether (sulfide) groups is 1. The highest BCUT2D eigenvalue weighted by atomic mass is 32.2. The number of amides is 1. The van der Waals surface area contributed by atoms with Crippen LogP contribution in [0.25, 0.3) is 21.8 Å². The van der Waals surface area contributed by atoms with E-state index in [0.29, 0.717) is 0 Å². The Morgan fingerprint density at radius 2 is 1.77 bits per heavy atom. The molecule has 5 nitrogen and oxygen atoms in total. The molecule has 3 aromatic carbocycles. The molecule has 1 amide bonds. The second kappa shape index (κ2) is 6.75. The van der Waals surface area contributed by atoms with Gasteiger partial charge in [0, 0.05) is 38.8 Å². The highest BCUT2D eigenvalue weighted by Crippen LogP contribution is 2.44. The first-order valence-electron chi connectivity index (χ1n) is 10.4. The predicted octanol–water partition coefficient (Wildman–Crippen LogP) is 5.96. The van der Waals surface area contributed by atoms with Gasteiger partial charge in [-0.15, -0.1) is 0 Å². The molecule has 31 heavy (non-hydrogen) atoms. The average molecular weight is 425 g/mol. The van der Waals surface area contributed by atoms with Crippen LogP contribution in [0, 0.1) is 5.41 Å². The standard InChI is InChI=1S/C25H20N4OS/c1-2-28-20-9-5-3-7-16(20)17-13-15(11-12-21(17)28)29-23(30)14-18(24(29)26)25-27-19-8-4-6-10-22(19)31-25/h3-13,26-27H,2,14H2,1H3/b25-18-,26-24?. The van der Waals surface area contributed by atoms with E-state index in [1.165, 1.54) is 10.9 Å². The molecule has 1 saturated heterocycles. The van der Waals surface area contributed by atoms with Gasteiger partial charge in [-0.05, 0) is 43.3 Å². The van der Waals surface area contributed by atoms with Crippen molar-refractivity contribution in [3.8, 4) is 0 Å². The molecule has 0 aliphatic carbocycles. The number of aromatic nitrogens is 1. The fourth-order valence-corrected chi connectivity index (χ4v) is 5.66. The fourth-order valence-electron chi connectivity index (χ4n) is 4.61. The van der Waals surface area contributed by atoms with E-state index in [2.05, 4.69) is 47.1 Å². The molecule has 0 radical (unpaired) electrons. The summed E-state index contributed by atoms with van der Waals surface area (Å²) in [6, 6.07) is 22.5. The summed E-state index contributed by atoms with van der Waals surface area (Å²) in [4.78, 5) is 15.7. The topological polar surface area (TPSA) is 61.1 Å². The summed E-state index contributed by atoms with van der Waals surface area (Å²) in [6.45, 7) is 3.02. The van der Waals surface area contributed by atoms with Crippen LogP contribution in [0.3, 0.4) is 0 Å². The van der Waals surface area contributed by atoms with Gasteiger partial charge in [0.25, 0.3) is 0 Å². The van der Waals surface area contributed by atoms with Crippen LogP contribution in [0.2, 0.25) is 0 Å². The van der Waals surface area contributed by atoms with E-state index >= 15 is 0 Å². The van der Waals surface area contributed by atoms with Crippen molar-refractivity contribution in [3.05, 3.63) is 77.3 Å². The predicted molar refractivity (Wildman–Crippen MR) is 128 cm³/mol. The Labute approximate surface area is 183 Å². The van der Waals surface area contributed by atoms with Gasteiger partial charge >= 0.3 is 0 Å². The first-order chi connectivity index (χ1) is 15.2. The zero-order chi connectivity index (χ0) is 21.1. The van der Waals surface area contributed by atoms with Crippen molar-refractivity contribution in [2.75, 3.05) is 10.2 Å². The SMILES string of the molecule is CCn1c2ccccc2c2cc(N3C(=N)/C(=C4/Nc5ccccc5S4)CC3=O)ccc21. The molecule has 3 heterocycles. The van der Waals surface area contributed by atoms with Gasteiger partial charge in [-0.2, -0.15) is 0 Å². The first kappa shape index (κ1) is 18.3. The zero-order valence-corrected chi connectivity index (χ0v) is 17.8. The molecule has 2 aliphatic rings. The van der Waals surface area contributed by atoms with Gasteiger partial charge in [-0.25, -0.2) is 0 Å². The van der Waals surface area contributed by atoms with Gasteiger partial charge < -0.3 is 9.88 Å². The Kier molecular flexibility index (Phi) is 3.98. The molecular weight excluding hydrogens is 404 g/mol. The molecule has 0 saturated carbocycles. The Morgan fingerprint density at radius 3 is 2.61 bits per heavy atom. The average Bonchev–Trinajstić information content (AvgIpc) is 3.44. The van der Waals surface area contributed by atoms with Crippen LogP contribution < -0.4 is 10.2 Å². The van der Waals surface area contributed by atoms with Crippen LogP contribution >= 0.6 is 11.8 Å². The lowest BCUT2D eigenvalue weighted by Crippen LogP contribution is -2.28. The van der Waals surface area contributed by atoms with E-state index in [4.69, 9.17) is 5.41 Å². The maximum atomic E-state index is 13.0. The molecular formula is C25H20N4OS. The quantitative estimate of drug-likeness (QED) is 0.417. The lowest BCUT2D eigenvalue weighted by Gasteiger charge is -2.16. The molecule has 2 aliphatic heterocycles. The van der Waals surface area contributed by atoms with Crippen molar-refractivity contribution >= 4 is 56.7 Å². The lowest BCUT2D eigenvalue weighted by molar-refractivity contribution is -0.116. The normalized spacial score (nSPS) is 18.3. The Bertz CT molecular complexity index is 1420. The third-order valence-electron chi connectivity index (χ3n) is 6.04. The number of nitrogens with one attached hydrogen (secondary N) is 2. The van der Waals surface area contributed by atoms with Crippen LogP contribution in [-0.4, -0.2) is 16.3 Å². The van der Waals surface area contributed by atoms with Gasteiger partial charge in [0.15, 0.2) is 0 Å². The van der Waals surface area contributed by atoms with Gasteiger partial charge in [0.2, 0.25) is 5.91 Å². The third-order valence-corrected chi connectivity index (χ3v) is 7.17. The molecule has 6 heteroatoms. The minimum Gasteiger partial charge on any atom is -0.349 e. The molecule has 2 N–H and O–H groups in total. The molecule has 1 aromatic heterocycles. The Balaban J connectivity index is 1.44. The number of aryl methyl sites for hydroxylation is 1. The van der Waals surface area contributed by atoms with E-state index in [1.807, 2.05) is 36.4 Å². The van der Waals surface area contributed by atoms with E-state index in [-0.39, 0.29) is 18.2 Å². The number of fused-ring (bicyclic) bond motifs is 4. The van der Waals surface area contributed by atoms with Crippen molar-refractivity contribution < 1.29 is 4.79 Å². The van der Waals surface area contributed by atoms with E-state index in [9.17, 15) is 4.79 Å². The van der Waals surface area contributed by atoms with Crippen LogP contribution in [0.1, 0.15) is 13.3 Å². The highest BCUT2D eigenvalue weighted by Gasteiger charge is 2.36. The summed E-state index contributed by atoms with van der Waals surface area (Å²) in [5.74, 6) is 0.191. The molecule has 0 atom stereocenters. The lowest BCUT2D eigenvalue weighted by atomic mass is 10.1. The van der Waals surface area contributed by atoms with E-state index in [0.717, 1.165) is 44.3 Å². The number of carbonyl (C=O) groups excluding carboxylic acids is 1. The molecule has 6 rings (SSSR count). The third kappa shape index (κ3) is 2.65.